The van der Waals surface area contributed by atoms with Crippen molar-refractivity contribution < 1.29 is 13.5 Å². The van der Waals surface area contributed by atoms with Crippen molar-refractivity contribution in [1.29, 1.82) is 0 Å². The molecule has 1 fully saturated rings. The number of sulfonamides is 1. The zero-order valence-corrected chi connectivity index (χ0v) is 19.6. The molecule has 0 atom stereocenters. The second-order valence-corrected chi connectivity index (χ2v) is 11.2. The molecule has 0 saturated carbocycles. The van der Waals surface area contributed by atoms with Gasteiger partial charge >= 0.3 is 0 Å². The van der Waals surface area contributed by atoms with Crippen molar-refractivity contribution in [1.82, 2.24) is 4.90 Å². The zero-order chi connectivity index (χ0) is 21.6. The standard InChI is InChI=1S/C24H25BrN2O3S/c25-20-10-8-19(9-11-20)24(28)12-16-26(17-13-24)14-3-15-27-21-6-1-4-18-5-2-7-22(23(18)21)31(27,29)30/h1-2,4-11,28H,3,12-17H2. The Kier molecular flexibility index (Phi) is 5.33. The number of piperidine rings is 1. The Morgan fingerprint density at radius 1 is 0.935 bits per heavy atom. The van der Waals surface area contributed by atoms with Crippen molar-refractivity contribution >= 4 is 42.4 Å². The Balaban J connectivity index is 1.22. The molecule has 1 N–H and O–H groups in total. The van der Waals surface area contributed by atoms with Gasteiger partial charge in [0.15, 0.2) is 0 Å². The smallest absolute Gasteiger partial charge is 0.265 e. The summed E-state index contributed by atoms with van der Waals surface area (Å²) in [6, 6.07) is 19.1. The minimum absolute atomic E-state index is 0.415. The van der Waals surface area contributed by atoms with E-state index in [1.54, 1.807) is 10.4 Å². The summed E-state index contributed by atoms with van der Waals surface area (Å²) < 4.78 is 28.7. The maximum absolute atomic E-state index is 13.1. The minimum atomic E-state index is -3.49. The fourth-order valence-corrected chi connectivity index (χ4v) is 6.85. The predicted molar refractivity (Wildman–Crippen MR) is 127 cm³/mol. The van der Waals surface area contributed by atoms with Crippen molar-refractivity contribution in [3.05, 3.63) is 70.7 Å². The first kappa shape index (κ1) is 20.9. The third-order valence-electron chi connectivity index (χ3n) is 6.58. The molecule has 0 aromatic heterocycles. The van der Waals surface area contributed by atoms with E-state index in [9.17, 15) is 13.5 Å². The molecule has 31 heavy (non-hydrogen) atoms. The maximum atomic E-state index is 13.1. The molecule has 1 saturated heterocycles. The number of benzene rings is 3. The number of rotatable bonds is 5. The fraction of sp³-hybridized carbons (Fsp3) is 0.333. The van der Waals surface area contributed by atoms with E-state index in [1.165, 1.54) is 0 Å². The maximum Gasteiger partial charge on any atom is 0.265 e. The third kappa shape index (κ3) is 3.67. The lowest BCUT2D eigenvalue weighted by Crippen LogP contribution is -2.43. The van der Waals surface area contributed by atoms with E-state index in [-0.39, 0.29) is 0 Å². The molecule has 3 aromatic carbocycles. The fourth-order valence-electron chi connectivity index (χ4n) is 4.83. The topological polar surface area (TPSA) is 60.9 Å². The summed E-state index contributed by atoms with van der Waals surface area (Å²) in [5, 5.41) is 12.9. The van der Waals surface area contributed by atoms with E-state index >= 15 is 0 Å². The number of aliphatic hydroxyl groups is 1. The highest BCUT2D eigenvalue weighted by molar-refractivity contribution is 9.10. The van der Waals surface area contributed by atoms with Gasteiger partial charge in [-0.25, -0.2) is 8.42 Å². The lowest BCUT2D eigenvalue weighted by molar-refractivity contribution is -0.0258. The number of hydrogen-bond donors (Lipinski definition) is 1. The highest BCUT2D eigenvalue weighted by Crippen LogP contribution is 2.42. The van der Waals surface area contributed by atoms with Crippen LogP contribution in [0.1, 0.15) is 24.8 Å². The molecule has 0 amide bonds. The number of hydrogen-bond acceptors (Lipinski definition) is 4. The molecule has 0 spiro atoms. The molecule has 3 aromatic rings. The normalized spacial score (nSPS) is 19.7. The summed E-state index contributed by atoms with van der Waals surface area (Å²) in [7, 11) is -3.49. The molecule has 162 valence electrons. The zero-order valence-electron chi connectivity index (χ0n) is 17.2. The van der Waals surface area contributed by atoms with Crippen LogP contribution < -0.4 is 4.31 Å². The van der Waals surface area contributed by atoms with E-state index in [0.29, 0.717) is 24.3 Å². The van der Waals surface area contributed by atoms with Gasteiger partial charge < -0.3 is 10.0 Å². The van der Waals surface area contributed by atoms with Crippen LogP contribution in [0.4, 0.5) is 5.69 Å². The Morgan fingerprint density at radius 2 is 1.61 bits per heavy atom. The van der Waals surface area contributed by atoms with Crippen LogP contribution in [-0.2, 0) is 15.6 Å². The number of likely N-dealkylation sites (tertiary alicyclic amines) is 1. The molecule has 5 nitrogen and oxygen atoms in total. The largest absolute Gasteiger partial charge is 0.385 e. The third-order valence-corrected chi connectivity index (χ3v) is 8.97. The van der Waals surface area contributed by atoms with Crippen molar-refractivity contribution in [3.8, 4) is 0 Å². The van der Waals surface area contributed by atoms with Crippen LogP contribution in [0.15, 0.2) is 70.0 Å². The van der Waals surface area contributed by atoms with Crippen LogP contribution in [0.25, 0.3) is 10.8 Å². The van der Waals surface area contributed by atoms with Crippen LogP contribution in [0.2, 0.25) is 0 Å². The van der Waals surface area contributed by atoms with Crippen LogP contribution >= 0.6 is 15.9 Å². The summed E-state index contributed by atoms with van der Waals surface area (Å²) in [6.07, 6.45) is 2.11. The van der Waals surface area contributed by atoms with Crippen molar-refractivity contribution in [2.45, 2.75) is 29.8 Å². The molecular formula is C24H25BrN2O3S. The van der Waals surface area contributed by atoms with Gasteiger partial charge in [-0.1, -0.05) is 52.3 Å². The second kappa shape index (κ2) is 7.89. The first-order valence-corrected chi connectivity index (χ1v) is 12.9. The van der Waals surface area contributed by atoms with Gasteiger partial charge in [0, 0.05) is 29.5 Å². The molecule has 5 rings (SSSR count). The monoisotopic (exact) mass is 500 g/mol. The van der Waals surface area contributed by atoms with Gasteiger partial charge in [0.1, 0.15) is 0 Å². The minimum Gasteiger partial charge on any atom is -0.385 e. The average Bonchev–Trinajstić information content (AvgIpc) is 2.99. The Hall–Kier alpha value is -1.93. The Morgan fingerprint density at radius 3 is 2.32 bits per heavy atom. The van der Waals surface area contributed by atoms with Crippen molar-refractivity contribution in [2.24, 2.45) is 0 Å². The van der Waals surface area contributed by atoms with Crippen molar-refractivity contribution in [3.63, 3.8) is 0 Å². The van der Waals surface area contributed by atoms with Crippen molar-refractivity contribution in [2.75, 3.05) is 30.5 Å². The van der Waals surface area contributed by atoms with Crippen LogP contribution in [-0.4, -0.2) is 44.6 Å². The molecule has 2 aliphatic heterocycles. The molecule has 0 aliphatic carbocycles. The SMILES string of the molecule is O=S1(=O)c2cccc3cccc(c23)N1CCCN1CCC(O)(c2ccc(Br)cc2)CC1. The van der Waals surface area contributed by atoms with E-state index in [1.807, 2.05) is 54.6 Å². The molecule has 0 radical (unpaired) electrons. The summed E-state index contributed by atoms with van der Waals surface area (Å²) >= 11 is 3.44. The van der Waals surface area contributed by atoms with Gasteiger partial charge in [0.2, 0.25) is 0 Å². The molecule has 2 heterocycles. The van der Waals surface area contributed by atoms with E-state index in [0.717, 1.165) is 52.6 Å². The first-order valence-electron chi connectivity index (χ1n) is 10.6. The lowest BCUT2D eigenvalue weighted by Gasteiger charge is -2.38. The summed E-state index contributed by atoms with van der Waals surface area (Å²) in [5.41, 5.74) is 0.966. The van der Waals surface area contributed by atoms with E-state index in [2.05, 4.69) is 20.8 Å². The van der Waals surface area contributed by atoms with Crippen LogP contribution in [0, 0.1) is 0 Å². The van der Waals surface area contributed by atoms with Crippen LogP contribution in [0.3, 0.4) is 0 Å². The van der Waals surface area contributed by atoms with E-state index in [4.69, 9.17) is 0 Å². The lowest BCUT2D eigenvalue weighted by atomic mass is 9.84. The van der Waals surface area contributed by atoms with E-state index < -0.39 is 15.6 Å². The molecule has 0 unspecified atom stereocenters. The quantitative estimate of drug-likeness (QED) is 0.560. The number of nitrogens with zero attached hydrogens (tertiary/aromatic N) is 2. The highest BCUT2D eigenvalue weighted by atomic mass is 79.9. The Labute approximate surface area is 191 Å². The second-order valence-electron chi connectivity index (χ2n) is 8.44. The van der Waals surface area contributed by atoms with Gasteiger partial charge in [0.05, 0.1) is 16.2 Å². The predicted octanol–water partition coefficient (Wildman–Crippen LogP) is 4.48. The molecule has 0 bridgehead atoms. The summed E-state index contributed by atoms with van der Waals surface area (Å²) in [6.45, 7) is 2.88. The number of anilines is 1. The number of halogens is 1. The van der Waals surface area contributed by atoms with Gasteiger partial charge in [0.25, 0.3) is 10.0 Å². The van der Waals surface area contributed by atoms with Crippen LogP contribution in [0.5, 0.6) is 0 Å². The average molecular weight is 501 g/mol. The van der Waals surface area contributed by atoms with Gasteiger partial charge in [-0.15, -0.1) is 0 Å². The van der Waals surface area contributed by atoms with Gasteiger partial charge in [-0.2, -0.15) is 0 Å². The highest BCUT2D eigenvalue weighted by Gasteiger charge is 2.36. The summed E-state index contributed by atoms with van der Waals surface area (Å²) in [4.78, 5) is 2.74. The Bertz CT molecular complexity index is 1210. The molecule has 7 heteroatoms. The summed E-state index contributed by atoms with van der Waals surface area (Å²) in [5.74, 6) is 0. The van der Waals surface area contributed by atoms with Gasteiger partial charge in [-0.05, 0) is 61.0 Å². The molecular weight excluding hydrogens is 476 g/mol. The molecule has 2 aliphatic rings. The van der Waals surface area contributed by atoms with Gasteiger partial charge in [-0.3, -0.25) is 4.31 Å². The first-order chi connectivity index (χ1) is 14.9.